The van der Waals surface area contributed by atoms with Gasteiger partial charge in [-0.2, -0.15) is 8.78 Å². The summed E-state index contributed by atoms with van der Waals surface area (Å²) in [4.78, 5) is 15.2. The Labute approximate surface area is 132 Å². The number of halogens is 3. The molecule has 1 unspecified atom stereocenters. The van der Waals surface area contributed by atoms with Crippen LogP contribution >= 0.6 is 23.7 Å². The second-order valence-electron chi connectivity index (χ2n) is 4.89. The Balaban J connectivity index is 0.00000220. The number of likely N-dealkylation sites (tertiary alicyclic amines) is 1. The summed E-state index contributed by atoms with van der Waals surface area (Å²) in [5.74, 6) is 0.200. The fourth-order valence-corrected chi connectivity index (χ4v) is 3.35. The van der Waals surface area contributed by atoms with Crippen molar-refractivity contribution in [1.82, 2.24) is 10.2 Å². The standard InChI is InChI=1S/C13H18F2N2O2S.ClH/c1-8-5-10(19-13(14)15)11(20-8)12(18)17-4-3-9(7-17)6-16-2;/h5,9,13,16H,3-4,6-7H2,1-2H3;1H. The minimum absolute atomic E-state index is 0. The van der Waals surface area contributed by atoms with E-state index in [1.165, 1.54) is 17.4 Å². The molecule has 0 aliphatic carbocycles. The molecular weight excluding hydrogens is 322 g/mol. The molecule has 1 aliphatic heterocycles. The van der Waals surface area contributed by atoms with E-state index in [4.69, 9.17) is 0 Å². The molecule has 1 fully saturated rings. The number of nitrogens with one attached hydrogen (secondary N) is 1. The maximum absolute atomic E-state index is 12.4. The van der Waals surface area contributed by atoms with E-state index in [2.05, 4.69) is 10.1 Å². The Morgan fingerprint density at radius 2 is 2.33 bits per heavy atom. The number of thiophene rings is 1. The predicted octanol–water partition coefficient (Wildman–Crippen LogP) is 2.76. The molecule has 1 N–H and O–H groups in total. The second kappa shape index (κ2) is 7.91. The highest BCUT2D eigenvalue weighted by atomic mass is 35.5. The quantitative estimate of drug-likeness (QED) is 0.896. The van der Waals surface area contributed by atoms with Gasteiger partial charge in [0.2, 0.25) is 0 Å². The number of hydrogen-bond donors (Lipinski definition) is 1. The summed E-state index contributed by atoms with van der Waals surface area (Å²) in [6, 6.07) is 1.49. The number of nitrogens with zero attached hydrogens (tertiary/aromatic N) is 1. The third-order valence-electron chi connectivity index (χ3n) is 3.30. The lowest BCUT2D eigenvalue weighted by Gasteiger charge is -2.16. The molecule has 2 rings (SSSR count). The SMILES string of the molecule is CNCC1CCN(C(=O)c2sc(C)cc2OC(F)F)C1.Cl. The number of aryl methyl sites for hydroxylation is 1. The summed E-state index contributed by atoms with van der Waals surface area (Å²) in [6.45, 7) is 1.04. The van der Waals surface area contributed by atoms with Gasteiger partial charge in [-0.25, -0.2) is 0 Å². The van der Waals surface area contributed by atoms with Crippen LogP contribution in [-0.4, -0.2) is 44.1 Å². The lowest BCUT2D eigenvalue weighted by molar-refractivity contribution is -0.0499. The first-order chi connectivity index (χ1) is 9.51. The summed E-state index contributed by atoms with van der Waals surface area (Å²) in [5.41, 5.74) is 0. The molecule has 1 aromatic heterocycles. The predicted molar refractivity (Wildman–Crippen MR) is 80.9 cm³/mol. The van der Waals surface area contributed by atoms with Gasteiger partial charge < -0.3 is 15.0 Å². The van der Waals surface area contributed by atoms with Gasteiger partial charge in [-0.3, -0.25) is 4.79 Å². The lowest BCUT2D eigenvalue weighted by Crippen LogP contribution is -2.30. The molecule has 1 atom stereocenters. The number of carbonyl (C=O) groups excluding carboxylic acids is 1. The van der Waals surface area contributed by atoms with Gasteiger partial charge in [0.05, 0.1) is 0 Å². The van der Waals surface area contributed by atoms with Crippen molar-refractivity contribution < 1.29 is 18.3 Å². The average molecular weight is 341 g/mol. The molecule has 0 spiro atoms. The van der Waals surface area contributed by atoms with E-state index in [0.29, 0.717) is 19.0 Å². The maximum atomic E-state index is 12.4. The Bertz CT molecular complexity index is 485. The van der Waals surface area contributed by atoms with Crippen molar-refractivity contribution in [2.24, 2.45) is 5.92 Å². The van der Waals surface area contributed by atoms with Gasteiger partial charge in [-0.1, -0.05) is 0 Å². The number of carbonyl (C=O) groups is 1. The largest absolute Gasteiger partial charge is 0.433 e. The fourth-order valence-electron chi connectivity index (χ4n) is 2.44. The van der Waals surface area contributed by atoms with Gasteiger partial charge in [-0.05, 0) is 38.9 Å². The number of alkyl halides is 2. The zero-order valence-corrected chi connectivity index (χ0v) is 13.5. The van der Waals surface area contributed by atoms with E-state index >= 15 is 0 Å². The van der Waals surface area contributed by atoms with Crippen LogP contribution in [0.15, 0.2) is 6.07 Å². The number of rotatable bonds is 5. The first-order valence-corrected chi connectivity index (χ1v) is 7.32. The highest BCUT2D eigenvalue weighted by Gasteiger charge is 2.29. The van der Waals surface area contributed by atoms with E-state index in [1.807, 2.05) is 7.05 Å². The van der Waals surface area contributed by atoms with E-state index in [1.54, 1.807) is 11.8 Å². The van der Waals surface area contributed by atoms with Crippen LogP contribution in [0, 0.1) is 12.8 Å². The van der Waals surface area contributed by atoms with Gasteiger partial charge in [-0.15, -0.1) is 23.7 Å². The molecule has 0 saturated carbocycles. The summed E-state index contributed by atoms with van der Waals surface area (Å²) in [6.07, 6.45) is 0.933. The molecule has 4 nitrogen and oxygen atoms in total. The van der Waals surface area contributed by atoms with Crippen LogP contribution in [0.1, 0.15) is 21.0 Å². The third-order valence-corrected chi connectivity index (χ3v) is 4.32. The van der Waals surface area contributed by atoms with E-state index < -0.39 is 6.61 Å². The Kier molecular flexibility index (Phi) is 6.83. The van der Waals surface area contributed by atoms with Crippen LogP contribution in [0.2, 0.25) is 0 Å². The van der Waals surface area contributed by atoms with Crippen LogP contribution in [0.3, 0.4) is 0 Å². The summed E-state index contributed by atoms with van der Waals surface area (Å²) in [7, 11) is 1.88. The highest BCUT2D eigenvalue weighted by Crippen LogP contribution is 2.32. The summed E-state index contributed by atoms with van der Waals surface area (Å²) >= 11 is 1.20. The van der Waals surface area contributed by atoms with Crippen LogP contribution in [0.25, 0.3) is 0 Å². The Hall–Kier alpha value is -0.920. The van der Waals surface area contributed by atoms with Crippen molar-refractivity contribution in [3.05, 3.63) is 15.8 Å². The van der Waals surface area contributed by atoms with Crippen molar-refractivity contribution in [2.75, 3.05) is 26.7 Å². The van der Waals surface area contributed by atoms with Gasteiger partial charge >= 0.3 is 6.61 Å². The molecule has 1 aromatic rings. The summed E-state index contributed by atoms with van der Waals surface area (Å²) < 4.78 is 29.2. The lowest BCUT2D eigenvalue weighted by atomic mass is 10.1. The highest BCUT2D eigenvalue weighted by molar-refractivity contribution is 7.14. The van der Waals surface area contributed by atoms with Crippen LogP contribution in [0.5, 0.6) is 5.75 Å². The van der Waals surface area contributed by atoms with Crippen molar-refractivity contribution in [2.45, 2.75) is 20.0 Å². The Morgan fingerprint density at radius 3 is 2.95 bits per heavy atom. The zero-order valence-electron chi connectivity index (χ0n) is 11.9. The molecule has 1 amide bonds. The zero-order chi connectivity index (χ0) is 14.7. The van der Waals surface area contributed by atoms with E-state index in [9.17, 15) is 13.6 Å². The minimum atomic E-state index is -2.91. The number of ether oxygens (including phenoxy) is 1. The fraction of sp³-hybridized carbons (Fsp3) is 0.615. The first kappa shape index (κ1) is 18.1. The van der Waals surface area contributed by atoms with Gasteiger partial charge in [0, 0.05) is 18.0 Å². The molecule has 2 heterocycles. The van der Waals surface area contributed by atoms with Crippen LogP contribution in [-0.2, 0) is 0 Å². The normalized spacial score (nSPS) is 18.0. The second-order valence-corrected chi connectivity index (χ2v) is 6.15. The first-order valence-electron chi connectivity index (χ1n) is 6.50. The third kappa shape index (κ3) is 4.52. The topological polar surface area (TPSA) is 41.6 Å². The van der Waals surface area contributed by atoms with Crippen LogP contribution in [0.4, 0.5) is 8.78 Å². The molecule has 1 saturated heterocycles. The van der Waals surface area contributed by atoms with Crippen molar-refractivity contribution in [1.29, 1.82) is 0 Å². The molecule has 1 aliphatic rings. The van der Waals surface area contributed by atoms with Crippen LogP contribution < -0.4 is 10.1 Å². The van der Waals surface area contributed by atoms with Crippen molar-refractivity contribution >= 4 is 29.7 Å². The molecule has 0 radical (unpaired) electrons. The van der Waals surface area contributed by atoms with E-state index in [0.717, 1.165) is 17.8 Å². The smallest absolute Gasteiger partial charge is 0.387 e. The monoisotopic (exact) mass is 340 g/mol. The number of amides is 1. The minimum Gasteiger partial charge on any atom is -0.433 e. The van der Waals surface area contributed by atoms with Gasteiger partial charge in [0.25, 0.3) is 5.91 Å². The molecule has 0 aromatic carbocycles. The van der Waals surface area contributed by atoms with Crippen molar-refractivity contribution in [3.8, 4) is 5.75 Å². The molecule has 120 valence electrons. The molecule has 8 heteroatoms. The maximum Gasteiger partial charge on any atom is 0.387 e. The Morgan fingerprint density at radius 1 is 1.62 bits per heavy atom. The molecule has 0 bridgehead atoms. The molecular formula is C13H19ClF2N2O2S. The number of hydrogen-bond acceptors (Lipinski definition) is 4. The van der Waals surface area contributed by atoms with Crippen molar-refractivity contribution in [3.63, 3.8) is 0 Å². The molecule has 21 heavy (non-hydrogen) atoms. The van der Waals surface area contributed by atoms with Gasteiger partial charge in [0.15, 0.2) is 0 Å². The average Bonchev–Trinajstić information content (AvgIpc) is 2.95. The van der Waals surface area contributed by atoms with E-state index in [-0.39, 0.29) is 28.9 Å². The van der Waals surface area contributed by atoms with Gasteiger partial charge in [0.1, 0.15) is 10.6 Å². The summed E-state index contributed by atoms with van der Waals surface area (Å²) in [5, 5.41) is 3.09.